The van der Waals surface area contributed by atoms with Crippen molar-refractivity contribution in [3.63, 3.8) is 0 Å². The largest absolute Gasteiger partial charge is 0.353 e. The Morgan fingerprint density at radius 1 is 1.41 bits per heavy atom. The Kier molecular flexibility index (Phi) is 2.63. The lowest BCUT2D eigenvalue weighted by molar-refractivity contribution is 0.620. The van der Waals surface area contributed by atoms with Crippen LogP contribution in [0.2, 0.25) is 0 Å². The van der Waals surface area contributed by atoms with Gasteiger partial charge in [0.05, 0.1) is 10.2 Å². The molecule has 5 heteroatoms. The van der Waals surface area contributed by atoms with Gasteiger partial charge in [-0.15, -0.1) is 0 Å². The first kappa shape index (κ1) is 10.8. The highest BCUT2D eigenvalue weighted by Crippen LogP contribution is 2.26. The molecule has 0 radical (unpaired) electrons. The van der Waals surface area contributed by atoms with E-state index in [-0.39, 0.29) is 5.82 Å². The van der Waals surface area contributed by atoms with Crippen molar-refractivity contribution >= 4 is 21.9 Å². The third kappa shape index (κ3) is 2.20. The van der Waals surface area contributed by atoms with Gasteiger partial charge >= 0.3 is 0 Å². The Labute approximate surface area is 107 Å². The number of nitrogens with one attached hydrogen (secondary N) is 1. The summed E-state index contributed by atoms with van der Waals surface area (Å²) in [5, 5.41) is 3.31. The Bertz CT molecular complexity index is 548. The molecule has 1 aromatic carbocycles. The summed E-state index contributed by atoms with van der Waals surface area (Å²) in [6, 6.07) is 5.57. The van der Waals surface area contributed by atoms with Crippen LogP contribution in [0.25, 0.3) is 5.69 Å². The summed E-state index contributed by atoms with van der Waals surface area (Å²) in [4.78, 5) is 4.24. The molecule has 0 spiro atoms. The molecule has 88 valence electrons. The Morgan fingerprint density at radius 2 is 2.24 bits per heavy atom. The molecule has 0 amide bonds. The van der Waals surface area contributed by atoms with Crippen molar-refractivity contribution in [2.75, 3.05) is 5.32 Å². The van der Waals surface area contributed by atoms with Gasteiger partial charge < -0.3 is 5.32 Å². The van der Waals surface area contributed by atoms with Crippen LogP contribution < -0.4 is 5.32 Å². The number of benzene rings is 1. The zero-order valence-electron chi connectivity index (χ0n) is 9.03. The second kappa shape index (κ2) is 4.14. The summed E-state index contributed by atoms with van der Waals surface area (Å²) in [5.74, 6) is 0.503. The molecule has 0 atom stereocenters. The Morgan fingerprint density at radius 3 is 2.94 bits per heavy atom. The normalized spacial score (nSPS) is 14.9. The van der Waals surface area contributed by atoms with Gasteiger partial charge in [-0.2, -0.15) is 0 Å². The second-order valence-corrected chi connectivity index (χ2v) is 4.99. The molecule has 1 aliphatic rings. The third-order valence-corrected chi connectivity index (χ3v) is 3.38. The first-order chi connectivity index (χ1) is 8.24. The minimum absolute atomic E-state index is 0.270. The summed E-state index contributed by atoms with van der Waals surface area (Å²) < 4.78 is 15.8. The molecule has 3 rings (SSSR count). The minimum atomic E-state index is -0.270. The summed E-state index contributed by atoms with van der Waals surface area (Å²) in [7, 11) is 0. The maximum Gasteiger partial charge on any atom is 0.207 e. The fourth-order valence-corrected chi connectivity index (χ4v) is 1.91. The van der Waals surface area contributed by atoms with E-state index in [0.717, 1.165) is 11.6 Å². The third-order valence-electron chi connectivity index (χ3n) is 2.73. The Balaban J connectivity index is 1.96. The van der Waals surface area contributed by atoms with Crippen molar-refractivity contribution in [3.8, 4) is 5.69 Å². The van der Waals surface area contributed by atoms with E-state index in [1.165, 1.54) is 18.9 Å². The molecular formula is C12H11BrFN3. The smallest absolute Gasteiger partial charge is 0.207 e. The van der Waals surface area contributed by atoms with Crippen LogP contribution in [0.1, 0.15) is 12.8 Å². The van der Waals surface area contributed by atoms with Crippen LogP contribution in [0.15, 0.2) is 35.1 Å². The minimum Gasteiger partial charge on any atom is -0.353 e. The first-order valence-corrected chi connectivity index (χ1v) is 6.28. The number of imidazole rings is 1. The number of hydrogen-bond acceptors (Lipinski definition) is 2. The first-order valence-electron chi connectivity index (χ1n) is 5.49. The van der Waals surface area contributed by atoms with E-state index < -0.39 is 0 Å². The van der Waals surface area contributed by atoms with E-state index >= 15 is 0 Å². The predicted molar refractivity (Wildman–Crippen MR) is 67.9 cm³/mol. The summed E-state index contributed by atoms with van der Waals surface area (Å²) in [6.45, 7) is 0. The molecule has 0 bridgehead atoms. The molecule has 0 aliphatic heterocycles. The van der Waals surface area contributed by atoms with Gasteiger partial charge in [0.1, 0.15) is 5.82 Å². The van der Waals surface area contributed by atoms with Crippen molar-refractivity contribution < 1.29 is 4.39 Å². The number of rotatable bonds is 3. The quantitative estimate of drug-likeness (QED) is 0.941. The molecule has 1 aliphatic carbocycles. The molecule has 0 unspecified atom stereocenters. The van der Waals surface area contributed by atoms with Crippen LogP contribution in [0.5, 0.6) is 0 Å². The van der Waals surface area contributed by atoms with E-state index in [2.05, 4.69) is 26.2 Å². The molecule has 17 heavy (non-hydrogen) atoms. The van der Waals surface area contributed by atoms with Gasteiger partial charge in [-0.05, 0) is 47.0 Å². The van der Waals surface area contributed by atoms with Crippen molar-refractivity contribution in [1.82, 2.24) is 9.55 Å². The van der Waals surface area contributed by atoms with Gasteiger partial charge in [0, 0.05) is 18.4 Å². The zero-order chi connectivity index (χ0) is 11.8. The maximum absolute atomic E-state index is 13.5. The lowest BCUT2D eigenvalue weighted by Gasteiger charge is -2.09. The standard InChI is InChI=1S/C12H11BrFN3/c13-10-4-3-9(7-11(10)14)17-6-5-15-12(17)16-8-1-2-8/h3-8H,1-2H2,(H,15,16). The SMILES string of the molecule is Fc1cc(-n2ccnc2NC2CC2)ccc1Br. The van der Waals surface area contributed by atoms with Gasteiger partial charge in [-0.25, -0.2) is 9.37 Å². The van der Waals surface area contributed by atoms with E-state index in [4.69, 9.17) is 0 Å². The number of halogens is 2. The average molecular weight is 296 g/mol. The molecule has 1 aromatic heterocycles. The van der Waals surface area contributed by atoms with Gasteiger partial charge in [-0.3, -0.25) is 4.57 Å². The van der Waals surface area contributed by atoms with E-state index in [1.54, 1.807) is 12.3 Å². The summed E-state index contributed by atoms with van der Waals surface area (Å²) >= 11 is 3.15. The summed E-state index contributed by atoms with van der Waals surface area (Å²) in [5.41, 5.74) is 0.770. The van der Waals surface area contributed by atoms with Gasteiger partial charge in [-0.1, -0.05) is 0 Å². The van der Waals surface area contributed by atoms with Crippen molar-refractivity contribution in [2.24, 2.45) is 0 Å². The van der Waals surface area contributed by atoms with Crippen LogP contribution in [0.4, 0.5) is 10.3 Å². The van der Waals surface area contributed by atoms with Crippen LogP contribution in [-0.4, -0.2) is 15.6 Å². The molecule has 0 saturated heterocycles. The highest BCUT2D eigenvalue weighted by atomic mass is 79.9. The van der Waals surface area contributed by atoms with Crippen molar-refractivity contribution in [1.29, 1.82) is 0 Å². The van der Waals surface area contributed by atoms with Crippen LogP contribution in [0, 0.1) is 5.82 Å². The van der Waals surface area contributed by atoms with Crippen LogP contribution in [0.3, 0.4) is 0 Å². The topological polar surface area (TPSA) is 29.9 Å². The van der Waals surface area contributed by atoms with Crippen LogP contribution >= 0.6 is 15.9 Å². The lowest BCUT2D eigenvalue weighted by atomic mass is 10.3. The number of anilines is 1. The lowest BCUT2D eigenvalue weighted by Crippen LogP contribution is -2.07. The fraction of sp³-hybridized carbons (Fsp3) is 0.250. The van der Waals surface area contributed by atoms with Crippen LogP contribution in [-0.2, 0) is 0 Å². The molecule has 2 aromatic rings. The van der Waals surface area contributed by atoms with Crippen molar-refractivity contribution in [3.05, 3.63) is 40.9 Å². The molecule has 1 heterocycles. The molecular weight excluding hydrogens is 285 g/mol. The van der Waals surface area contributed by atoms with Gasteiger partial charge in [0.25, 0.3) is 0 Å². The van der Waals surface area contributed by atoms with E-state index in [1.807, 2.05) is 16.8 Å². The predicted octanol–water partition coefficient (Wildman–Crippen LogP) is 3.35. The van der Waals surface area contributed by atoms with Gasteiger partial charge in [0.15, 0.2) is 0 Å². The molecule has 1 N–H and O–H groups in total. The number of nitrogens with zero attached hydrogens (tertiary/aromatic N) is 2. The van der Waals surface area contributed by atoms with Crippen molar-refractivity contribution in [2.45, 2.75) is 18.9 Å². The zero-order valence-corrected chi connectivity index (χ0v) is 10.6. The monoisotopic (exact) mass is 295 g/mol. The van der Waals surface area contributed by atoms with Gasteiger partial charge in [0.2, 0.25) is 5.95 Å². The highest BCUT2D eigenvalue weighted by molar-refractivity contribution is 9.10. The maximum atomic E-state index is 13.5. The molecule has 1 saturated carbocycles. The van der Waals surface area contributed by atoms with E-state index in [9.17, 15) is 4.39 Å². The molecule has 3 nitrogen and oxygen atoms in total. The highest BCUT2D eigenvalue weighted by Gasteiger charge is 2.22. The molecule has 1 fully saturated rings. The summed E-state index contributed by atoms with van der Waals surface area (Å²) in [6.07, 6.45) is 5.90. The number of aromatic nitrogens is 2. The second-order valence-electron chi connectivity index (χ2n) is 4.14. The van der Waals surface area contributed by atoms with E-state index in [0.29, 0.717) is 10.5 Å². The Hall–Kier alpha value is -1.36. The average Bonchev–Trinajstić information content (AvgIpc) is 3.00. The fourth-order valence-electron chi connectivity index (χ4n) is 1.66. The number of hydrogen-bond donors (Lipinski definition) is 1.